The van der Waals surface area contributed by atoms with Crippen molar-refractivity contribution in [2.75, 3.05) is 11.9 Å². The lowest BCUT2D eigenvalue weighted by atomic mass is 9.94. The number of carbonyl (C=O) groups is 1. The summed E-state index contributed by atoms with van der Waals surface area (Å²) in [5.41, 5.74) is 3.82. The van der Waals surface area contributed by atoms with Crippen LogP contribution in [0.5, 0.6) is 0 Å². The van der Waals surface area contributed by atoms with Gasteiger partial charge in [0.25, 0.3) is 0 Å². The van der Waals surface area contributed by atoms with Crippen molar-refractivity contribution in [1.82, 2.24) is 19.4 Å². The lowest BCUT2D eigenvalue weighted by Gasteiger charge is -2.38. The number of hydrogen-bond donors (Lipinski definition) is 1. The number of rotatable bonds is 4. The highest BCUT2D eigenvalue weighted by Crippen LogP contribution is 2.26. The Bertz CT molecular complexity index is 1320. The zero-order valence-corrected chi connectivity index (χ0v) is 19.7. The van der Waals surface area contributed by atoms with Gasteiger partial charge in [-0.25, -0.2) is 14.8 Å². The normalized spacial score (nSPS) is 15.7. The van der Waals surface area contributed by atoms with Gasteiger partial charge in [-0.1, -0.05) is 42.5 Å². The number of fused-ring (bicyclic) bond motifs is 2. The molecule has 2 aromatic heterocycles. The van der Waals surface area contributed by atoms with Crippen LogP contribution in [-0.2, 0) is 17.7 Å². The van der Waals surface area contributed by atoms with Gasteiger partial charge in [0.15, 0.2) is 0 Å². The molecule has 0 fully saturated rings. The van der Waals surface area contributed by atoms with E-state index in [2.05, 4.69) is 22.4 Å². The van der Waals surface area contributed by atoms with Gasteiger partial charge in [-0.3, -0.25) is 9.47 Å². The Morgan fingerprint density at radius 3 is 2.62 bits per heavy atom. The van der Waals surface area contributed by atoms with Crippen LogP contribution in [0, 0.1) is 0 Å². The summed E-state index contributed by atoms with van der Waals surface area (Å²) in [4.78, 5) is 24.1. The first-order chi connectivity index (χ1) is 16.4. The van der Waals surface area contributed by atoms with Crippen molar-refractivity contribution in [1.29, 1.82) is 0 Å². The lowest BCUT2D eigenvalue weighted by Crippen LogP contribution is -2.49. The molecule has 5 rings (SSSR count). The Morgan fingerprint density at radius 1 is 1.03 bits per heavy atom. The number of anilines is 1. The smallest absolute Gasteiger partial charge is 0.410 e. The van der Waals surface area contributed by atoms with Gasteiger partial charge < -0.3 is 10.1 Å². The second kappa shape index (κ2) is 8.82. The molecule has 0 saturated heterocycles. The molecule has 1 atom stereocenters. The molecule has 2 aromatic carbocycles. The molecule has 1 amide bonds. The molecule has 1 aliphatic heterocycles. The molecule has 0 spiro atoms. The van der Waals surface area contributed by atoms with Crippen LogP contribution in [0.2, 0.25) is 0 Å². The van der Waals surface area contributed by atoms with Gasteiger partial charge >= 0.3 is 6.09 Å². The van der Waals surface area contributed by atoms with Gasteiger partial charge in [0.05, 0.1) is 17.1 Å². The highest BCUT2D eigenvalue weighted by Gasteiger charge is 2.32. The fourth-order valence-corrected chi connectivity index (χ4v) is 4.32. The first kappa shape index (κ1) is 21.9. The van der Waals surface area contributed by atoms with Crippen molar-refractivity contribution in [3.8, 4) is 5.82 Å². The van der Waals surface area contributed by atoms with Crippen molar-refractivity contribution >= 4 is 22.9 Å². The second-order valence-electron chi connectivity index (χ2n) is 9.60. The topological polar surface area (TPSA) is 72.3 Å². The summed E-state index contributed by atoms with van der Waals surface area (Å²) in [7, 11) is 0. The van der Waals surface area contributed by atoms with Gasteiger partial charge in [0.1, 0.15) is 23.6 Å². The first-order valence-corrected chi connectivity index (χ1v) is 11.6. The highest BCUT2D eigenvalue weighted by atomic mass is 16.6. The number of hydrogen-bond acceptors (Lipinski definition) is 5. The van der Waals surface area contributed by atoms with Gasteiger partial charge in [0, 0.05) is 13.1 Å². The van der Waals surface area contributed by atoms with Gasteiger partial charge in [-0.2, -0.15) is 0 Å². The number of nitrogens with one attached hydrogen (secondary N) is 1. The molecule has 0 bridgehead atoms. The summed E-state index contributed by atoms with van der Waals surface area (Å²) in [6.45, 7) is 6.78. The molecule has 1 N–H and O–H groups in total. The maximum absolute atomic E-state index is 13.0. The van der Waals surface area contributed by atoms with Crippen LogP contribution >= 0.6 is 0 Å². The SMILES string of the molecule is CC(C)(C)OC(=O)N1Cc2ccccc2CC1CNc1cccc(-n2cnc3ccccc32)n1. The maximum Gasteiger partial charge on any atom is 0.410 e. The van der Waals surface area contributed by atoms with Crippen molar-refractivity contribution < 1.29 is 9.53 Å². The minimum Gasteiger partial charge on any atom is -0.444 e. The van der Waals surface area contributed by atoms with E-state index in [1.807, 2.05) is 84.8 Å². The number of carbonyl (C=O) groups excluding carboxylic acids is 1. The predicted molar refractivity (Wildman–Crippen MR) is 133 cm³/mol. The predicted octanol–water partition coefficient (Wildman–Crippen LogP) is 5.19. The quantitative estimate of drug-likeness (QED) is 0.458. The number of amides is 1. The van der Waals surface area contributed by atoms with Crippen molar-refractivity contribution in [3.05, 3.63) is 84.2 Å². The van der Waals surface area contributed by atoms with E-state index in [0.29, 0.717) is 13.1 Å². The largest absolute Gasteiger partial charge is 0.444 e. The average molecular weight is 456 g/mol. The van der Waals surface area contributed by atoms with Crippen LogP contribution in [0.25, 0.3) is 16.9 Å². The van der Waals surface area contributed by atoms with Crippen LogP contribution in [0.1, 0.15) is 31.9 Å². The number of nitrogens with zero attached hydrogens (tertiary/aromatic N) is 4. The third kappa shape index (κ3) is 4.59. The van der Waals surface area contributed by atoms with E-state index in [0.717, 1.165) is 34.7 Å². The van der Waals surface area contributed by atoms with Gasteiger partial charge in [-0.05, 0) is 62.6 Å². The Hall–Kier alpha value is -3.87. The third-order valence-corrected chi connectivity index (χ3v) is 5.94. The second-order valence-corrected chi connectivity index (χ2v) is 9.60. The van der Waals surface area contributed by atoms with Crippen LogP contribution in [0.15, 0.2) is 73.1 Å². The minimum absolute atomic E-state index is 0.0516. The van der Waals surface area contributed by atoms with Crippen LogP contribution in [0.4, 0.5) is 10.6 Å². The monoisotopic (exact) mass is 455 g/mol. The Balaban J connectivity index is 1.36. The van der Waals surface area contributed by atoms with Crippen molar-refractivity contribution in [2.45, 2.75) is 45.4 Å². The average Bonchev–Trinajstić information content (AvgIpc) is 3.25. The van der Waals surface area contributed by atoms with Crippen LogP contribution < -0.4 is 5.32 Å². The number of ether oxygens (including phenoxy) is 1. The molecule has 4 aromatic rings. The van der Waals surface area contributed by atoms with E-state index >= 15 is 0 Å². The van der Waals surface area contributed by atoms with Crippen LogP contribution in [-0.4, -0.2) is 43.7 Å². The molecule has 7 heteroatoms. The summed E-state index contributed by atoms with van der Waals surface area (Å²) in [5.74, 6) is 1.54. The fraction of sp³-hybridized carbons (Fsp3) is 0.296. The molecular weight excluding hydrogens is 426 g/mol. The van der Waals surface area contributed by atoms with E-state index in [9.17, 15) is 4.79 Å². The maximum atomic E-state index is 13.0. The van der Waals surface area contributed by atoms with E-state index in [1.165, 1.54) is 5.56 Å². The molecule has 0 aliphatic carbocycles. The fourth-order valence-electron chi connectivity index (χ4n) is 4.32. The summed E-state index contributed by atoms with van der Waals surface area (Å²) in [6, 6.07) is 22.1. The first-order valence-electron chi connectivity index (χ1n) is 11.6. The molecule has 174 valence electrons. The Morgan fingerprint density at radius 2 is 1.79 bits per heavy atom. The standard InChI is InChI=1S/C27H29N5O2/c1-27(2,3)34-26(33)31-17-20-10-5-4-9-19(20)15-21(31)16-28-24-13-8-14-25(30-24)32-18-29-22-11-6-7-12-23(22)32/h4-14,18,21H,15-17H2,1-3H3,(H,28,30). The summed E-state index contributed by atoms with van der Waals surface area (Å²) in [5, 5.41) is 3.45. The molecule has 34 heavy (non-hydrogen) atoms. The van der Waals surface area contributed by atoms with Gasteiger partial charge in [0.2, 0.25) is 0 Å². The Labute approximate surface area is 199 Å². The number of pyridine rings is 1. The lowest BCUT2D eigenvalue weighted by molar-refractivity contribution is 0.0132. The minimum atomic E-state index is -0.546. The molecular formula is C27H29N5O2. The molecule has 7 nitrogen and oxygen atoms in total. The highest BCUT2D eigenvalue weighted by molar-refractivity contribution is 5.76. The number of aromatic nitrogens is 3. The Kier molecular flexibility index (Phi) is 5.69. The van der Waals surface area contributed by atoms with Gasteiger partial charge in [-0.15, -0.1) is 0 Å². The van der Waals surface area contributed by atoms with E-state index in [4.69, 9.17) is 9.72 Å². The molecule has 0 radical (unpaired) electrons. The number of imidazole rings is 1. The number of para-hydroxylation sites is 2. The summed E-state index contributed by atoms with van der Waals surface area (Å²) >= 11 is 0. The zero-order chi connectivity index (χ0) is 23.7. The van der Waals surface area contributed by atoms with E-state index < -0.39 is 5.60 Å². The number of benzene rings is 2. The van der Waals surface area contributed by atoms with Crippen molar-refractivity contribution in [3.63, 3.8) is 0 Å². The zero-order valence-electron chi connectivity index (χ0n) is 19.7. The molecule has 1 unspecified atom stereocenters. The van der Waals surface area contributed by atoms with E-state index in [1.54, 1.807) is 6.33 Å². The third-order valence-electron chi connectivity index (χ3n) is 5.94. The molecule has 3 heterocycles. The van der Waals surface area contributed by atoms with Crippen LogP contribution in [0.3, 0.4) is 0 Å². The summed E-state index contributed by atoms with van der Waals surface area (Å²) < 4.78 is 7.69. The molecule has 1 aliphatic rings. The van der Waals surface area contributed by atoms with E-state index in [-0.39, 0.29) is 12.1 Å². The van der Waals surface area contributed by atoms with Crippen molar-refractivity contribution in [2.24, 2.45) is 0 Å². The summed E-state index contributed by atoms with van der Waals surface area (Å²) in [6.07, 6.45) is 2.26. The molecule has 0 saturated carbocycles.